The Morgan fingerprint density at radius 2 is 1.94 bits per heavy atom. The highest BCUT2D eigenvalue weighted by Crippen LogP contribution is 2.29. The molecule has 2 aliphatic rings. The van der Waals surface area contributed by atoms with Crippen molar-refractivity contribution in [3.8, 4) is 0 Å². The molecular formula is C12H24N2O2S. The van der Waals surface area contributed by atoms with E-state index in [4.69, 9.17) is 0 Å². The van der Waals surface area contributed by atoms with Crippen molar-refractivity contribution in [3.63, 3.8) is 0 Å². The monoisotopic (exact) mass is 260 g/mol. The summed E-state index contributed by atoms with van der Waals surface area (Å²) >= 11 is 0. The van der Waals surface area contributed by atoms with Crippen molar-refractivity contribution in [2.45, 2.75) is 49.9 Å². The Bertz CT molecular complexity index is 374. The summed E-state index contributed by atoms with van der Waals surface area (Å²) in [7, 11) is -2.99. The van der Waals surface area contributed by atoms with E-state index in [2.05, 4.69) is 10.2 Å². The highest BCUT2D eigenvalue weighted by atomic mass is 32.2. The molecule has 0 aromatic carbocycles. The first-order valence-corrected chi connectivity index (χ1v) is 8.36. The Morgan fingerprint density at radius 3 is 2.47 bits per heavy atom. The van der Waals surface area contributed by atoms with E-state index >= 15 is 0 Å². The third-order valence-electron chi connectivity index (χ3n) is 4.10. The Kier molecular flexibility index (Phi) is 3.54. The number of nitrogens with one attached hydrogen (secondary N) is 1. The predicted octanol–water partition coefficient (Wildman–Crippen LogP) is 0.636. The van der Waals surface area contributed by atoms with Crippen LogP contribution in [0.3, 0.4) is 0 Å². The summed E-state index contributed by atoms with van der Waals surface area (Å²) in [5.41, 5.74) is 0. The zero-order chi connectivity index (χ0) is 12.7. The van der Waals surface area contributed by atoms with Crippen molar-refractivity contribution in [2.24, 2.45) is 0 Å². The molecule has 17 heavy (non-hydrogen) atoms. The zero-order valence-electron chi connectivity index (χ0n) is 11.1. The third kappa shape index (κ3) is 3.20. The molecule has 1 saturated carbocycles. The summed E-state index contributed by atoms with van der Waals surface area (Å²) in [6, 6.07) is 1.29. The smallest absolute Gasteiger partial charge is 0.153 e. The first-order valence-electron chi connectivity index (χ1n) is 6.47. The summed E-state index contributed by atoms with van der Waals surface area (Å²) in [5, 5.41) is 3.42. The van der Waals surface area contributed by atoms with Crippen molar-refractivity contribution in [1.82, 2.24) is 10.2 Å². The van der Waals surface area contributed by atoms with Crippen molar-refractivity contribution in [3.05, 3.63) is 0 Å². The van der Waals surface area contributed by atoms with Crippen LogP contribution < -0.4 is 5.32 Å². The first kappa shape index (κ1) is 13.3. The van der Waals surface area contributed by atoms with E-state index in [1.54, 1.807) is 13.8 Å². The SMILES string of the molecule is CC(C)(CNC1CCN(C2CC2)C1)S(C)(=O)=O. The Labute approximate surface area is 105 Å². The Hall–Kier alpha value is -0.130. The van der Waals surface area contributed by atoms with Gasteiger partial charge in [-0.1, -0.05) is 0 Å². The maximum absolute atomic E-state index is 11.6. The molecule has 0 radical (unpaired) electrons. The maximum atomic E-state index is 11.6. The van der Waals surface area contributed by atoms with Crippen LogP contribution in [-0.2, 0) is 9.84 Å². The summed E-state index contributed by atoms with van der Waals surface area (Å²) in [6.07, 6.45) is 5.17. The normalized spacial score (nSPS) is 27.6. The quantitative estimate of drug-likeness (QED) is 0.788. The molecule has 0 aromatic rings. The van der Waals surface area contributed by atoms with Crippen LogP contribution in [0.15, 0.2) is 0 Å². The average molecular weight is 260 g/mol. The fourth-order valence-electron chi connectivity index (χ4n) is 2.25. The van der Waals surface area contributed by atoms with Gasteiger partial charge in [-0.25, -0.2) is 8.42 Å². The summed E-state index contributed by atoms with van der Waals surface area (Å²) in [6.45, 7) is 6.40. The lowest BCUT2D eigenvalue weighted by Crippen LogP contribution is -2.46. The standard InChI is InChI=1S/C12H24N2O2S/c1-12(2,17(3,15)16)9-13-10-6-7-14(8-10)11-4-5-11/h10-11,13H,4-9H2,1-3H3. The molecule has 0 amide bonds. The molecule has 0 spiro atoms. The third-order valence-corrected chi connectivity index (χ3v) is 6.26. The second-order valence-electron chi connectivity index (χ2n) is 6.12. The molecule has 1 saturated heterocycles. The maximum Gasteiger partial charge on any atom is 0.153 e. The molecule has 1 atom stereocenters. The lowest BCUT2D eigenvalue weighted by atomic mass is 10.2. The van der Waals surface area contributed by atoms with E-state index in [1.807, 2.05) is 0 Å². The molecule has 5 heteroatoms. The molecule has 100 valence electrons. The molecule has 1 aliphatic heterocycles. The number of sulfone groups is 1. The summed E-state index contributed by atoms with van der Waals surface area (Å²) < 4.78 is 22.5. The lowest BCUT2D eigenvalue weighted by Gasteiger charge is -2.25. The van der Waals surface area contributed by atoms with Gasteiger partial charge >= 0.3 is 0 Å². The van der Waals surface area contributed by atoms with E-state index in [-0.39, 0.29) is 0 Å². The fourth-order valence-corrected chi connectivity index (χ4v) is 2.59. The van der Waals surface area contributed by atoms with Crippen LogP contribution in [-0.4, -0.2) is 56.0 Å². The number of nitrogens with zero attached hydrogens (tertiary/aromatic N) is 1. The van der Waals surface area contributed by atoms with Crippen molar-refractivity contribution >= 4 is 9.84 Å². The average Bonchev–Trinajstić information content (AvgIpc) is 2.94. The van der Waals surface area contributed by atoms with Gasteiger partial charge in [0.15, 0.2) is 9.84 Å². The number of hydrogen-bond donors (Lipinski definition) is 1. The Morgan fingerprint density at radius 1 is 1.29 bits per heavy atom. The van der Waals surface area contributed by atoms with E-state index in [0.29, 0.717) is 12.6 Å². The van der Waals surface area contributed by atoms with Gasteiger partial charge < -0.3 is 5.32 Å². The van der Waals surface area contributed by atoms with Crippen LogP contribution in [0.2, 0.25) is 0 Å². The van der Waals surface area contributed by atoms with Gasteiger partial charge in [0.05, 0.1) is 4.75 Å². The van der Waals surface area contributed by atoms with Crippen molar-refractivity contribution in [2.75, 3.05) is 25.9 Å². The van der Waals surface area contributed by atoms with E-state index in [1.165, 1.54) is 25.6 Å². The highest BCUT2D eigenvalue weighted by Gasteiger charge is 2.36. The summed E-state index contributed by atoms with van der Waals surface area (Å²) in [4.78, 5) is 2.53. The lowest BCUT2D eigenvalue weighted by molar-refractivity contribution is 0.316. The van der Waals surface area contributed by atoms with Gasteiger partial charge in [-0.2, -0.15) is 0 Å². The van der Waals surface area contributed by atoms with Crippen molar-refractivity contribution in [1.29, 1.82) is 0 Å². The number of likely N-dealkylation sites (tertiary alicyclic amines) is 1. The number of hydrogen-bond acceptors (Lipinski definition) is 4. The minimum Gasteiger partial charge on any atom is -0.311 e. The molecular weight excluding hydrogens is 236 g/mol. The molecule has 2 rings (SSSR count). The van der Waals surface area contributed by atoms with Gasteiger partial charge in [-0.3, -0.25) is 4.90 Å². The number of rotatable bonds is 5. The zero-order valence-corrected chi connectivity index (χ0v) is 11.9. The Balaban J connectivity index is 1.79. The topological polar surface area (TPSA) is 49.4 Å². The van der Waals surface area contributed by atoms with Crippen LogP contribution in [0.5, 0.6) is 0 Å². The predicted molar refractivity (Wildman–Crippen MR) is 69.9 cm³/mol. The minimum absolute atomic E-state index is 0.469. The molecule has 0 bridgehead atoms. The van der Waals surface area contributed by atoms with Gasteiger partial charge in [-0.05, 0) is 33.1 Å². The van der Waals surface area contributed by atoms with Gasteiger partial charge in [0.25, 0.3) is 0 Å². The van der Waals surface area contributed by atoms with E-state index < -0.39 is 14.6 Å². The second-order valence-corrected chi connectivity index (χ2v) is 8.77. The van der Waals surface area contributed by atoms with Crippen LogP contribution in [0.1, 0.15) is 33.1 Å². The van der Waals surface area contributed by atoms with Crippen molar-refractivity contribution < 1.29 is 8.42 Å². The van der Waals surface area contributed by atoms with Crippen LogP contribution in [0.25, 0.3) is 0 Å². The molecule has 4 nitrogen and oxygen atoms in total. The molecule has 1 aliphatic carbocycles. The van der Waals surface area contributed by atoms with Gasteiger partial charge in [0.2, 0.25) is 0 Å². The largest absolute Gasteiger partial charge is 0.311 e. The van der Waals surface area contributed by atoms with Crippen LogP contribution in [0.4, 0.5) is 0 Å². The molecule has 1 N–H and O–H groups in total. The van der Waals surface area contributed by atoms with Crippen LogP contribution >= 0.6 is 0 Å². The molecule has 1 heterocycles. The van der Waals surface area contributed by atoms with E-state index in [9.17, 15) is 8.42 Å². The highest BCUT2D eigenvalue weighted by molar-refractivity contribution is 7.92. The first-order chi connectivity index (χ1) is 7.79. The van der Waals surface area contributed by atoms with Gasteiger partial charge in [-0.15, -0.1) is 0 Å². The molecule has 0 aromatic heterocycles. The van der Waals surface area contributed by atoms with Crippen LogP contribution in [0, 0.1) is 0 Å². The van der Waals surface area contributed by atoms with Gasteiger partial charge in [0.1, 0.15) is 0 Å². The fraction of sp³-hybridized carbons (Fsp3) is 1.00. The minimum atomic E-state index is -2.99. The second kappa shape index (κ2) is 4.52. The molecule has 2 fully saturated rings. The van der Waals surface area contributed by atoms with Gasteiger partial charge in [0, 0.05) is 38.0 Å². The summed E-state index contributed by atoms with van der Waals surface area (Å²) in [5.74, 6) is 0. The molecule has 1 unspecified atom stereocenters. The van der Waals surface area contributed by atoms with E-state index in [0.717, 1.165) is 19.0 Å².